The Labute approximate surface area is 123 Å². The number of non-ortho nitro benzene ring substituents is 1. The zero-order valence-corrected chi connectivity index (χ0v) is 12.0. The van der Waals surface area contributed by atoms with E-state index in [0.29, 0.717) is 5.69 Å². The number of carbonyl (C=O) groups excluding carboxylic acids is 1. The third-order valence-corrected chi connectivity index (χ3v) is 3.72. The second kappa shape index (κ2) is 7.03. The van der Waals surface area contributed by atoms with Crippen LogP contribution in [0.25, 0.3) is 0 Å². The van der Waals surface area contributed by atoms with E-state index in [1.807, 2.05) is 0 Å². The minimum atomic E-state index is -0.476. The zero-order valence-electron chi connectivity index (χ0n) is 12.0. The van der Waals surface area contributed by atoms with E-state index in [-0.39, 0.29) is 17.8 Å². The van der Waals surface area contributed by atoms with E-state index in [1.54, 1.807) is 24.1 Å². The molecule has 1 aromatic rings. The SMILES string of the molecule is CN(C(=O)Nc1cccc([N+](=O)[O-])c1)C1CCCNCC1. The minimum Gasteiger partial charge on any atom is -0.325 e. The van der Waals surface area contributed by atoms with Gasteiger partial charge in [-0.15, -0.1) is 0 Å². The van der Waals surface area contributed by atoms with Crippen molar-refractivity contribution < 1.29 is 9.72 Å². The van der Waals surface area contributed by atoms with Crippen LogP contribution in [0.15, 0.2) is 24.3 Å². The van der Waals surface area contributed by atoms with Crippen molar-refractivity contribution in [2.75, 3.05) is 25.5 Å². The molecule has 1 aliphatic rings. The zero-order chi connectivity index (χ0) is 15.2. The molecule has 21 heavy (non-hydrogen) atoms. The molecular weight excluding hydrogens is 272 g/mol. The summed E-state index contributed by atoms with van der Waals surface area (Å²) in [5.74, 6) is 0. The van der Waals surface area contributed by atoms with Crippen LogP contribution in [0, 0.1) is 10.1 Å². The molecule has 0 bridgehead atoms. The van der Waals surface area contributed by atoms with Gasteiger partial charge in [0.1, 0.15) is 0 Å². The lowest BCUT2D eigenvalue weighted by atomic mass is 10.1. The summed E-state index contributed by atoms with van der Waals surface area (Å²) in [5, 5.41) is 16.8. The van der Waals surface area contributed by atoms with Crippen LogP contribution in [-0.2, 0) is 0 Å². The first kappa shape index (κ1) is 15.2. The summed E-state index contributed by atoms with van der Waals surface area (Å²) in [6, 6.07) is 5.93. The molecule has 1 aliphatic heterocycles. The van der Waals surface area contributed by atoms with Gasteiger partial charge >= 0.3 is 6.03 Å². The Morgan fingerprint density at radius 1 is 1.43 bits per heavy atom. The lowest BCUT2D eigenvalue weighted by Gasteiger charge is -2.27. The highest BCUT2D eigenvalue weighted by molar-refractivity contribution is 5.89. The van der Waals surface area contributed by atoms with E-state index in [4.69, 9.17) is 0 Å². The molecule has 1 heterocycles. The minimum absolute atomic E-state index is 0.0332. The number of benzene rings is 1. The quantitative estimate of drug-likeness (QED) is 0.660. The number of carbonyl (C=O) groups is 1. The lowest BCUT2D eigenvalue weighted by molar-refractivity contribution is -0.384. The molecule has 2 N–H and O–H groups in total. The predicted molar refractivity (Wildman–Crippen MR) is 80.4 cm³/mol. The highest BCUT2D eigenvalue weighted by atomic mass is 16.6. The second-order valence-corrected chi connectivity index (χ2v) is 5.18. The fraction of sp³-hybridized carbons (Fsp3) is 0.500. The van der Waals surface area contributed by atoms with Crippen molar-refractivity contribution in [2.24, 2.45) is 0 Å². The number of nitro groups is 1. The molecule has 7 nitrogen and oxygen atoms in total. The molecule has 0 aromatic heterocycles. The van der Waals surface area contributed by atoms with Gasteiger partial charge in [-0.25, -0.2) is 4.79 Å². The summed E-state index contributed by atoms with van der Waals surface area (Å²) in [7, 11) is 1.77. The maximum Gasteiger partial charge on any atom is 0.321 e. The third-order valence-electron chi connectivity index (χ3n) is 3.72. The maximum atomic E-state index is 12.2. The largest absolute Gasteiger partial charge is 0.325 e. The van der Waals surface area contributed by atoms with Gasteiger partial charge in [0.25, 0.3) is 5.69 Å². The van der Waals surface area contributed by atoms with Gasteiger partial charge in [0, 0.05) is 30.9 Å². The molecule has 1 atom stereocenters. The van der Waals surface area contributed by atoms with Crippen molar-refractivity contribution in [3.8, 4) is 0 Å². The molecular formula is C14H20N4O3. The summed E-state index contributed by atoms with van der Waals surface area (Å²) in [6.07, 6.45) is 2.92. The standard InChI is InChI=1S/C14H20N4O3/c1-17(12-6-3-8-15-9-7-12)14(19)16-11-4-2-5-13(10-11)18(20)21/h2,4-5,10,12,15H,3,6-9H2,1H3,(H,16,19). The van der Waals surface area contributed by atoms with Gasteiger partial charge in [0.05, 0.1) is 4.92 Å². The van der Waals surface area contributed by atoms with E-state index >= 15 is 0 Å². The Morgan fingerprint density at radius 2 is 2.24 bits per heavy atom. The Kier molecular flexibility index (Phi) is 5.10. The molecule has 0 saturated carbocycles. The van der Waals surface area contributed by atoms with Crippen LogP contribution in [-0.4, -0.2) is 42.0 Å². The number of anilines is 1. The highest BCUT2D eigenvalue weighted by Crippen LogP contribution is 2.18. The van der Waals surface area contributed by atoms with Crippen molar-refractivity contribution in [3.63, 3.8) is 0 Å². The predicted octanol–water partition coefficient (Wildman–Crippen LogP) is 2.20. The fourth-order valence-corrected chi connectivity index (χ4v) is 2.46. The summed E-state index contributed by atoms with van der Waals surface area (Å²) >= 11 is 0. The van der Waals surface area contributed by atoms with Crippen molar-refractivity contribution in [2.45, 2.75) is 25.3 Å². The number of urea groups is 1. The number of amides is 2. The topological polar surface area (TPSA) is 87.5 Å². The number of nitrogens with one attached hydrogen (secondary N) is 2. The van der Waals surface area contributed by atoms with Crippen LogP contribution in [0.5, 0.6) is 0 Å². The molecule has 114 valence electrons. The van der Waals surface area contributed by atoms with E-state index in [0.717, 1.165) is 32.4 Å². The van der Waals surface area contributed by atoms with E-state index in [2.05, 4.69) is 10.6 Å². The average Bonchev–Trinajstić information content (AvgIpc) is 2.75. The molecule has 2 rings (SSSR count). The van der Waals surface area contributed by atoms with Gasteiger partial charge < -0.3 is 15.5 Å². The van der Waals surface area contributed by atoms with Crippen LogP contribution < -0.4 is 10.6 Å². The molecule has 0 aliphatic carbocycles. The number of hydrogen-bond acceptors (Lipinski definition) is 4. The molecule has 1 fully saturated rings. The first-order valence-corrected chi connectivity index (χ1v) is 7.07. The molecule has 7 heteroatoms. The molecule has 1 aromatic carbocycles. The van der Waals surface area contributed by atoms with Crippen molar-refractivity contribution >= 4 is 17.4 Å². The number of nitro benzene ring substituents is 1. The third kappa shape index (κ3) is 4.16. The second-order valence-electron chi connectivity index (χ2n) is 5.18. The van der Waals surface area contributed by atoms with Crippen molar-refractivity contribution in [1.82, 2.24) is 10.2 Å². The Bertz CT molecular complexity index is 513. The maximum absolute atomic E-state index is 12.2. The van der Waals surface area contributed by atoms with Gasteiger partial charge in [-0.05, 0) is 38.4 Å². The Morgan fingerprint density at radius 3 is 3.00 bits per heavy atom. The van der Waals surface area contributed by atoms with Crippen LogP contribution in [0.3, 0.4) is 0 Å². The van der Waals surface area contributed by atoms with Gasteiger partial charge in [-0.3, -0.25) is 10.1 Å². The number of nitrogens with zero attached hydrogens (tertiary/aromatic N) is 2. The van der Waals surface area contributed by atoms with Gasteiger partial charge in [0.15, 0.2) is 0 Å². The van der Waals surface area contributed by atoms with Crippen molar-refractivity contribution in [3.05, 3.63) is 34.4 Å². The van der Waals surface area contributed by atoms with Crippen LogP contribution in [0.1, 0.15) is 19.3 Å². The highest BCUT2D eigenvalue weighted by Gasteiger charge is 2.21. The van der Waals surface area contributed by atoms with E-state index < -0.39 is 4.92 Å². The summed E-state index contributed by atoms with van der Waals surface area (Å²) < 4.78 is 0. The summed E-state index contributed by atoms with van der Waals surface area (Å²) in [5.41, 5.74) is 0.405. The van der Waals surface area contributed by atoms with Gasteiger partial charge in [0.2, 0.25) is 0 Å². The Hall–Kier alpha value is -2.15. The molecule has 1 unspecified atom stereocenters. The van der Waals surface area contributed by atoms with Gasteiger partial charge in [-0.1, -0.05) is 6.07 Å². The Balaban J connectivity index is 1.99. The fourth-order valence-electron chi connectivity index (χ4n) is 2.46. The summed E-state index contributed by atoms with van der Waals surface area (Å²) in [6.45, 7) is 1.88. The van der Waals surface area contributed by atoms with Crippen LogP contribution >= 0.6 is 0 Å². The normalized spacial score (nSPS) is 18.6. The molecule has 1 saturated heterocycles. The van der Waals surface area contributed by atoms with E-state index in [1.165, 1.54) is 12.1 Å². The van der Waals surface area contributed by atoms with Gasteiger partial charge in [-0.2, -0.15) is 0 Å². The van der Waals surface area contributed by atoms with Crippen LogP contribution in [0.2, 0.25) is 0 Å². The first-order chi connectivity index (χ1) is 10.1. The molecule has 0 radical (unpaired) electrons. The van der Waals surface area contributed by atoms with E-state index in [9.17, 15) is 14.9 Å². The van der Waals surface area contributed by atoms with Crippen LogP contribution in [0.4, 0.5) is 16.2 Å². The van der Waals surface area contributed by atoms with Crippen molar-refractivity contribution in [1.29, 1.82) is 0 Å². The number of rotatable bonds is 3. The summed E-state index contributed by atoms with van der Waals surface area (Å²) in [4.78, 5) is 24.2. The first-order valence-electron chi connectivity index (χ1n) is 7.07. The number of hydrogen-bond donors (Lipinski definition) is 2. The average molecular weight is 292 g/mol. The monoisotopic (exact) mass is 292 g/mol. The smallest absolute Gasteiger partial charge is 0.321 e. The molecule has 2 amide bonds. The molecule has 0 spiro atoms. The lowest BCUT2D eigenvalue weighted by Crippen LogP contribution is -2.40.